The van der Waals surface area contributed by atoms with E-state index in [0.717, 1.165) is 31.8 Å². The Kier molecular flexibility index (Phi) is 12.7. The van der Waals surface area contributed by atoms with E-state index in [2.05, 4.69) is 21.3 Å². The summed E-state index contributed by atoms with van der Waals surface area (Å²) in [5.41, 5.74) is -1.11. The highest BCUT2D eigenvalue weighted by Gasteiger charge is 2.31. The summed E-state index contributed by atoms with van der Waals surface area (Å²) in [5.74, 6) is 0.972. The number of aliphatic hydroxyl groups is 3. The lowest BCUT2D eigenvalue weighted by molar-refractivity contribution is -0.136. The van der Waals surface area contributed by atoms with E-state index >= 15 is 0 Å². The monoisotopic (exact) mass is 553 g/mol. The van der Waals surface area contributed by atoms with Crippen molar-refractivity contribution < 1.29 is 34.0 Å². The second-order valence-corrected chi connectivity index (χ2v) is 10.6. The van der Waals surface area contributed by atoms with Gasteiger partial charge in [0.15, 0.2) is 0 Å². The normalized spacial score (nSPS) is 16.6. The molecule has 0 aliphatic carbocycles. The lowest BCUT2D eigenvalue weighted by Gasteiger charge is -2.39. The van der Waals surface area contributed by atoms with Crippen LogP contribution in [0.1, 0.15) is 31.2 Å². The summed E-state index contributed by atoms with van der Waals surface area (Å²) in [4.78, 5) is 26.1. The Bertz CT molecular complexity index is 898. The number of benzene rings is 1. The molecule has 2 fully saturated rings. The van der Waals surface area contributed by atoms with Crippen molar-refractivity contribution in [1.29, 1.82) is 0 Å². The minimum absolute atomic E-state index is 0.0119. The first-order valence-corrected chi connectivity index (χ1v) is 13.9. The van der Waals surface area contributed by atoms with E-state index in [1.165, 1.54) is 18.9 Å². The Morgan fingerprint density at radius 3 is 2.46 bits per heavy atom. The maximum atomic E-state index is 14.6. The average Bonchev–Trinajstić information content (AvgIpc) is 2.92. The number of rotatable bonds is 16. The molecule has 0 bridgehead atoms. The maximum absolute atomic E-state index is 14.6. The van der Waals surface area contributed by atoms with Gasteiger partial charge in [0.2, 0.25) is 5.91 Å². The Hall–Kier alpha value is -2.51. The van der Waals surface area contributed by atoms with Crippen molar-refractivity contribution in [2.75, 3.05) is 72.2 Å². The number of piperidine rings is 1. The number of ether oxygens (including phenoxy) is 1. The molecule has 11 nitrogen and oxygen atoms in total. The molecule has 2 aliphatic rings. The summed E-state index contributed by atoms with van der Waals surface area (Å²) in [7, 11) is 0. The second kappa shape index (κ2) is 15.9. The minimum atomic E-state index is -1.47. The van der Waals surface area contributed by atoms with Gasteiger partial charge in [-0.1, -0.05) is 6.07 Å². The second-order valence-electron chi connectivity index (χ2n) is 10.6. The number of nitrogens with zero attached hydrogens (tertiary/aromatic N) is 1. The molecule has 0 spiro atoms. The van der Waals surface area contributed by atoms with Gasteiger partial charge in [-0.05, 0) is 56.3 Å². The summed E-state index contributed by atoms with van der Waals surface area (Å²) >= 11 is 0. The third-order valence-electron chi connectivity index (χ3n) is 7.47. The van der Waals surface area contributed by atoms with Crippen molar-refractivity contribution >= 4 is 11.9 Å². The molecular weight excluding hydrogens is 509 g/mol. The molecule has 1 aromatic rings. The number of halogens is 1. The van der Waals surface area contributed by atoms with Gasteiger partial charge in [-0.2, -0.15) is 0 Å². The van der Waals surface area contributed by atoms with Crippen LogP contribution in [0.3, 0.4) is 0 Å². The molecule has 0 radical (unpaired) electrons. The van der Waals surface area contributed by atoms with Gasteiger partial charge in [0.25, 0.3) is 0 Å². The van der Waals surface area contributed by atoms with Crippen LogP contribution in [0.25, 0.3) is 0 Å². The van der Waals surface area contributed by atoms with E-state index in [0.29, 0.717) is 50.6 Å². The van der Waals surface area contributed by atoms with E-state index in [-0.39, 0.29) is 18.2 Å². The van der Waals surface area contributed by atoms with Gasteiger partial charge < -0.3 is 46.2 Å². The van der Waals surface area contributed by atoms with Gasteiger partial charge in [0.05, 0.1) is 32.8 Å². The zero-order chi connectivity index (χ0) is 28.1. The molecule has 7 N–H and O–H groups in total. The van der Waals surface area contributed by atoms with Crippen molar-refractivity contribution in [2.45, 2.75) is 37.6 Å². The van der Waals surface area contributed by atoms with Gasteiger partial charge in [0.1, 0.15) is 17.1 Å². The molecule has 0 unspecified atom stereocenters. The number of carbonyl (C=O) groups is 2. The topological polar surface area (TPSA) is 155 Å². The third kappa shape index (κ3) is 9.87. The first-order valence-electron chi connectivity index (χ1n) is 13.9. The fourth-order valence-electron chi connectivity index (χ4n) is 4.80. The molecule has 2 heterocycles. The smallest absolute Gasteiger partial charge is 0.315 e. The molecule has 0 atom stereocenters. The third-order valence-corrected chi connectivity index (χ3v) is 7.47. The Balaban J connectivity index is 1.25. The predicted octanol–water partition coefficient (Wildman–Crippen LogP) is -0.410. The molecule has 2 aliphatic heterocycles. The minimum Gasteiger partial charge on any atom is -0.493 e. The summed E-state index contributed by atoms with van der Waals surface area (Å²) in [6, 6.07) is 4.11. The van der Waals surface area contributed by atoms with Crippen molar-refractivity contribution in [3.8, 4) is 5.75 Å². The number of urea groups is 1. The summed E-state index contributed by atoms with van der Waals surface area (Å²) in [5, 5.41) is 39.2. The molecule has 3 amide bonds. The number of hydrogen-bond donors (Lipinski definition) is 7. The van der Waals surface area contributed by atoms with Crippen molar-refractivity contribution in [2.24, 2.45) is 11.8 Å². The van der Waals surface area contributed by atoms with Crippen LogP contribution in [0, 0.1) is 17.7 Å². The van der Waals surface area contributed by atoms with Crippen LogP contribution in [-0.4, -0.2) is 110 Å². The Morgan fingerprint density at radius 2 is 1.79 bits per heavy atom. The van der Waals surface area contributed by atoms with E-state index in [9.17, 15) is 29.3 Å². The average molecular weight is 554 g/mol. The van der Waals surface area contributed by atoms with Crippen LogP contribution in [0.2, 0.25) is 0 Å². The van der Waals surface area contributed by atoms with Crippen LogP contribution in [0.5, 0.6) is 5.75 Å². The first kappa shape index (κ1) is 31.0. The molecule has 3 rings (SSSR count). The number of aliphatic hydroxyl groups excluding tert-OH is 3. The van der Waals surface area contributed by atoms with Gasteiger partial charge in [-0.25, -0.2) is 9.18 Å². The fourth-order valence-corrected chi connectivity index (χ4v) is 4.80. The van der Waals surface area contributed by atoms with Crippen LogP contribution in [-0.2, 0) is 11.2 Å². The molecule has 39 heavy (non-hydrogen) atoms. The Morgan fingerprint density at radius 1 is 1.08 bits per heavy atom. The van der Waals surface area contributed by atoms with E-state index < -0.39 is 37.2 Å². The maximum Gasteiger partial charge on any atom is 0.315 e. The highest BCUT2D eigenvalue weighted by atomic mass is 19.1. The van der Waals surface area contributed by atoms with E-state index in [4.69, 9.17) is 4.74 Å². The van der Waals surface area contributed by atoms with Crippen molar-refractivity contribution in [3.05, 3.63) is 29.6 Å². The standard InChI is InChI=1S/C27H44FN5O6/c28-24-13-23(39-11-1-2-20-5-7-29-8-6-20)4-3-22(24)12-25(37)33-15-21(16-33)14-30-9-10-31-26(38)32-27(17-34,18-35)19-36/h3-4,13,20-21,29-30,34-36H,1-2,5-12,14-19H2,(H2,31,32,38). The van der Waals surface area contributed by atoms with Crippen LogP contribution >= 0.6 is 0 Å². The largest absolute Gasteiger partial charge is 0.493 e. The van der Waals surface area contributed by atoms with Gasteiger partial charge in [-0.15, -0.1) is 0 Å². The van der Waals surface area contributed by atoms with Crippen molar-refractivity contribution in [1.82, 2.24) is 26.2 Å². The first-order chi connectivity index (χ1) is 18.9. The summed E-state index contributed by atoms with van der Waals surface area (Å²) in [6.07, 6.45) is 4.49. The zero-order valence-electron chi connectivity index (χ0n) is 22.6. The molecule has 2 saturated heterocycles. The van der Waals surface area contributed by atoms with Crippen molar-refractivity contribution in [3.63, 3.8) is 0 Å². The number of hydrogen-bond acceptors (Lipinski definition) is 8. The Labute approximate surface area is 229 Å². The van der Waals surface area contributed by atoms with Crippen LogP contribution in [0.4, 0.5) is 9.18 Å². The molecule has 0 aromatic heterocycles. The van der Waals surface area contributed by atoms with Gasteiger partial charge in [0, 0.05) is 44.7 Å². The van der Waals surface area contributed by atoms with Crippen LogP contribution in [0.15, 0.2) is 18.2 Å². The van der Waals surface area contributed by atoms with Crippen LogP contribution < -0.4 is 26.0 Å². The number of carbonyl (C=O) groups excluding carboxylic acids is 2. The molecule has 220 valence electrons. The number of likely N-dealkylation sites (tertiary alicyclic amines) is 1. The molecule has 12 heteroatoms. The highest BCUT2D eigenvalue weighted by molar-refractivity contribution is 5.79. The summed E-state index contributed by atoms with van der Waals surface area (Å²) < 4.78 is 20.3. The van der Waals surface area contributed by atoms with Gasteiger partial charge >= 0.3 is 6.03 Å². The highest BCUT2D eigenvalue weighted by Crippen LogP contribution is 2.22. The fraction of sp³-hybridized carbons (Fsp3) is 0.704. The predicted molar refractivity (Wildman–Crippen MR) is 144 cm³/mol. The molecular formula is C27H44FN5O6. The van der Waals surface area contributed by atoms with Gasteiger partial charge in [-0.3, -0.25) is 4.79 Å². The lowest BCUT2D eigenvalue weighted by atomic mass is 9.93. The number of nitrogens with one attached hydrogen (secondary N) is 4. The van der Waals surface area contributed by atoms with E-state index in [1.54, 1.807) is 17.0 Å². The quantitative estimate of drug-likeness (QED) is 0.136. The lowest BCUT2D eigenvalue weighted by Crippen LogP contribution is -2.59. The number of amides is 3. The summed E-state index contributed by atoms with van der Waals surface area (Å²) in [6.45, 7) is 3.59. The molecule has 0 saturated carbocycles. The van der Waals surface area contributed by atoms with E-state index in [1.807, 2.05) is 0 Å². The zero-order valence-corrected chi connectivity index (χ0v) is 22.6. The SMILES string of the molecule is O=C(NCCNCC1CN(C(=O)Cc2ccc(OCCCC3CCNCC3)cc2F)C1)NC(CO)(CO)CO. The molecule has 1 aromatic carbocycles.